The Bertz CT molecular complexity index is 1060. The summed E-state index contributed by atoms with van der Waals surface area (Å²) in [5.74, 6) is -0.882. The van der Waals surface area contributed by atoms with Crippen LogP contribution in [0.4, 0.5) is 4.79 Å². The Morgan fingerprint density at radius 3 is 2.59 bits per heavy atom. The van der Waals surface area contributed by atoms with E-state index in [1.165, 1.54) is 12.3 Å². The second kappa shape index (κ2) is 8.48. The summed E-state index contributed by atoms with van der Waals surface area (Å²) in [5, 5.41) is 7.25. The quantitative estimate of drug-likeness (QED) is 0.471. The van der Waals surface area contributed by atoms with Crippen molar-refractivity contribution in [3.8, 4) is 0 Å². The van der Waals surface area contributed by atoms with Crippen molar-refractivity contribution < 1.29 is 14.4 Å². The van der Waals surface area contributed by atoms with E-state index in [9.17, 15) is 14.4 Å². The highest BCUT2D eigenvalue weighted by Gasteiger charge is 2.14. The fraction of sp³-hybridized carbons (Fsp3) is 0.0500. The molecular weight excluding hydrogens is 344 g/mol. The van der Waals surface area contributed by atoms with Gasteiger partial charge in [0.25, 0.3) is 11.8 Å². The number of amides is 4. The minimum Gasteiger partial charge on any atom is -0.273 e. The zero-order valence-electron chi connectivity index (χ0n) is 14.3. The molecule has 2 aromatic carbocycles. The van der Waals surface area contributed by atoms with Gasteiger partial charge >= 0.3 is 6.03 Å². The third-order valence-corrected chi connectivity index (χ3v) is 3.73. The molecule has 0 atom stereocenters. The lowest BCUT2D eigenvalue weighted by Crippen LogP contribution is -2.36. The lowest BCUT2D eigenvalue weighted by Gasteiger charge is -1.99. The van der Waals surface area contributed by atoms with Crippen LogP contribution < -0.4 is 21.3 Å². The van der Waals surface area contributed by atoms with E-state index in [2.05, 4.69) is 20.8 Å². The summed E-state index contributed by atoms with van der Waals surface area (Å²) in [6.45, 7) is 0. The molecule has 4 amide bonds. The van der Waals surface area contributed by atoms with Gasteiger partial charge in [-0.25, -0.2) is 15.2 Å². The van der Waals surface area contributed by atoms with Crippen LogP contribution >= 0.6 is 0 Å². The Morgan fingerprint density at radius 2 is 1.78 bits per heavy atom. The van der Waals surface area contributed by atoms with Gasteiger partial charge < -0.3 is 0 Å². The van der Waals surface area contributed by atoms with E-state index in [0.717, 1.165) is 10.8 Å². The van der Waals surface area contributed by atoms with Crippen LogP contribution in [-0.4, -0.2) is 24.1 Å². The van der Waals surface area contributed by atoms with Gasteiger partial charge in [0.1, 0.15) is 0 Å². The number of urea groups is 1. The number of fused-ring (bicyclic) bond motifs is 1. The maximum Gasteiger partial charge on any atom is 0.342 e. The molecule has 7 nitrogen and oxygen atoms in total. The number of hydrogen-bond acceptors (Lipinski definition) is 4. The maximum absolute atomic E-state index is 11.9. The normalized spacial score (nSPS) is 12.9. The zero-order chi connectivity index (χ0) is 19.1. The van der Waals surface area contributed by atoms with Crippen LogP contribution in [0.25, 0.3) is 11.6 Å². The average Bonchev–Trinajstić information content (AvgIpc) is 2.99. The number of carbonyl (C=O) groups excluding carboxylic acids is 3. The van der Waals surface area contributed by atoms with Crippen LogP contribution in [0.5, 0.6) is 0 Å². The molecule has 0 radical (unpaired) electrons. The lowest BCUT2D eigenvalue weighted by molar-refractivity contribution is -0.115. The van der Waals surface area contributed by atoms with Crippen molar-refractivity contribution in [3.63, 3.8) is 0 Å². The van der Waals surface area contributed by atoms with Crippen molar-refractivity contribution in [2.45, 2.75) is 6.42 Å². The molecule has 0 bridgehead atoms. The molecule has 27 heavy (non-hydrogen) atoms. The standard InChI is InChI=1S/C20H16N4O3/c25-18(11-10-14-6-2-1-3-7-14)23-20(27)24-21-13-12-16-15-8-4-5-9-17(15)22-19(16)26/h1-11,13H,12H2,(H2,23,24,25,27)/b11-10-,21-13-. The first-order chi connectivity index (χ1) is 13.1. The molecule has 1 aliphatic rings. The molecule has 0 aliphatic carbocycles. The number of nitrogens with zero attached hydrogens (tertiary/aromatic N) is 2. The van der Waals surface area contributed by atoms with Crippen LogP contribution in [-0.2, 0) is 9.59 Å². The van der Waals surface area contributed by atoms with Crippen molar-refractivity contribution in [3.05, 3.63) is 76.8 Å². The predicted molar refractivity (Wildman–Crippen MR) is 101 cm³/mol. The fourth-order valence-electron chi connectivity index (χ4n) is 2.47. The van der Waals surface area contributed by atoms with Gasteiger partial charge in [-0.2, -0.15) is 5.10 Å². The number of hydrogen-bond donors (Lipinski definition) is 2. The molecule has 0 saturated heterocycles. The van der Waals surface area contributed by atoms with E-state index in [0.29, 0.717) is 10.9 Å². The third-order valence-electron chi connectivity index (χ3n) is 3.73. The van der Waals surface area contributed by atoms with Crippen molar-refractivity contribution in [1.82, 2.24) is 10.7 Å². The number of para-hydroxylation sites is 1. The van der Waals surface area contributed by atoms with Gasteiger partial charge in [0.05, 0.1) is 5.36 Å². The first-order valence-corrected chi connectivity index (χ1v) is 8.20. The summed E-state index contributed by atoms with van der Waals surface area (Å²) < 4.78 is 0. The smallest absolute Gasteiger partial charge is 0.273 e. The van der Waals surface area contributed by atoms with Gasteiger partial charge in [0, 0.05) is 29.5 Å². The highest BCUT2D eigenvalue weighted by Crippen LogP contribution is 2.03. The van der Waals surface area contributed by atoms with Crippen LogP contribution in [0.15, 0.2) is 70.8 Å². The van der Waals surface area contributed by atoms with E-state index in [1.54, 1.807) is 12.1 Å². The molecule has 2 aromatic rings. The summed E-state index contributed by atoms with van der Waals surface area (Å²) in [6, 6.07) is 15.7. The Balaban J connectivity index is 1.50. The maximum atomic E-state index is 11.9. The first kappa shape index (κ1) is 17.9. The van der Waals surface area contributed by atoms with E-state index in [1.807, 2.05) is 48.5 Å². The summed E-state index contributed by atoms with van der Waals surface area (Å²) in [4.78, 5) is 39.1. The zero-order valence-corrected chi connectivity index (χ0v) is 14.3. The molecular formula is C20H16N4O3. The van der Waals surface area contributed by atoms with Gasteiger partial charge in [0.15, 0.2) is 0 Å². The number of benzene rings is 2. The van der Waals surface area contributed by atoms with Crippen molar-refractivity contribution >= 4 is 35.7 Å². The second-order valence-electron chi connectivity index (χ2n) is 5.60. The number of imide groups is 1. The molecule has 7 heteroatoms. The third kappa shape index (κ3) is 4.82. The molecule has 0 aromatic heterocycles. The Morgan fingerprint density at radius 1 is 1.04 bits per heavy atom. The highest BCUT2D eigenvalue weighted by molar-refractivity contribution is 6.17. The Kier molecular flexibility index (Phi) is 5.64. The summed E-state index contributed by atoms with van der Waals surface area (Å²) in [6.07, 6.45) is 4.45. The van der Waals surface area contributed by atoms with E-state index >= 15 is 0 Å². The molecule has 1 heterocycles. The largest absolute Gasteiger partial charge is 0.342 e. The molecule has 0 fully saturated rings. The van der Waals surface area contributed by atoms with Gasteiger partial charge in [-0.15, -0.1) is 0 Å². The number of hydrazone groups is 1. The fourth-order valence-corrected chi connectivity index (χ4v) is 2.47. The lowest BCUT2D eigenvalue weighted by atomic mass is 10.1. The Labute approximate surface area is 154 Å². The molecule has 3 rings (SSSR count). The van der Waals surface area contributed by atoms with Crippen LogP contribution in [0, 0.1) is 0 Å². The topological polar surface area (TPSA) is 100.0 Å². The van der Waals surface area contributed by atoms with Crippen molar-refractivity contribution in [1.29, 1.82) is 0 Å². The highest BCUT2D eigenvalue weighted by atomic mass is 16.2. The van der Waals surface area contributed by atoms with E-state index in [4.69, 9.17) is 0 Å². The molecule has 2 N–H and O–H groups in total. The first-order valence-electron chi connectivity index (χ1n) is 8.20. The number of carbonyl (C=O) groups is 3. The summed E-state index contributed by atoms with van der Waals surface area (Å²) >= 11 is 0. The Hall–Kier alpha value is -3.87. The van der Waals surface area contributed by atoms with Gasteiger partial charge in [-0.1, -0.05) is 48.5 Å². The molecule has 0 saturated carbocycles. The molecule has 0 spiro atoms. The van der Waals surface area contributed by atoms with Gasteiger partial charge in [-0.05, 0) is 17.7 Å². The van der Waals surface area contributed by atoms with Gasteiger partial charge in [0.2, 0.25) is 0 Å². The van der Waals surface area contributed by atoms with Crippen molar-refractivity contribution in [2.24, 2.45) is 10.1 Å². The van der Waals surface area contributed by atoms with Crippen LogP contribution in [0.1, 0.15) is 12.0 Å². The minimum absolute atomic E-state index is 0.224. The van der Waals surface area contributed by atoms with Gasteiger partial charge in [-0.3, -0.25) is 14.9 Å². The SMILES string of the molecule is O=C(/C=C\c1ccccc1)NC(=O)N/N=C\CC1=c2ccccc2=NC1=O. The van der Waals surface area contributed by atoms with Crippen molar-refractivity contribution in [2.75, 3.05) is 0 Å². The summed E-state index contributed by atoms with van der Waals surface area (Å²) in [7, 11) is 0. The van der Waals surface area contributed by atoms with Crippen LogP contribution in [0.2, 0.25) is 0 Å². The second-order valence-corrected chi connectivity index (χ2v) is 5.60. The molecule has 1 aliphatic heterocycles. The average molecular weight is 360 g/mol. The number of nitrogens with one attached hydrogen (secondary N) is 2. The van der Waals surface area contributed by atoms with Crippen LogP contribution in [0.3, 0.4) is 0 Å². The number of rotatable bonds is 5. The van der Waals surface area contributed by atoms with E-state index in [-0.39, 0.29) is 12.3 Å². The monoisotopic (exact) mass is 360 g/mol. The summed E-state index contributed by atoms with van der Waals surface area (Å²) in [5.41, 5.74) is 3.54. The molecule has 0 unspecified atom stereocenters. The predicted octanol–water partition coefficient (Wildman–Crippen LogP) is 0.912. The van der Waals surface area contributed by atoms with E-state index < -0.39 is 11.9 Å². The molecule has 134 valence electrons. The minimum atomic E-state index is -0.762.